The highest BCUT2D eigenvalue weighted by Crippen LogP contribution is 2.14. The first-order chi connectivity index (χ1) is 14.9. The molecule has 162 valence electrons. The largest absolute Gasteiger partial charge is 0.467 e. The third-order valence-electron chi connectivity index (χ3n) is 4.95. The van der Waals surface area contributed by atoms with Gasteiger partial charge >= 0.3 is 6.03 Å². The summed E-state index contributed by atoms with van der Waals surface area (Å²) >= 11 is 0. The zero-order valence-corrected chi connectivity index (χ0v) is 18.2. The minimum Gasteiger partial charge on any atom is -0.467 e. The molecule has 0 aliphatic carbocycles. The van der Waals surface area contributed by atoms with E-state index in [0.29, 0.717) is 24.5 Å². The van der Waals surface area contributed by atoms with Crippen molar-refractivity contribution in [3.63, 3.8) is 0 Å². The SMILES string of the molecule is Cc1cccc(NC(=O)N(CC(=O)N(Cc2ccccc2)Cc2ccco2)C(C)C)c1. The molecule has 1 N–H and O–H groups in total. The van der Waals surface area contributed by atoms with Crippen molar-refractivity contribution in [2.24, 2.45) is 0 Å². The number of amides is 3. The standard InChI is InChI=1S/C25H29N3O3/c1-19(2)28(25(30)26-22-12-7-9-20(3)15-22)18-24(29)27(17-23-13-8-14-31-23)16-21-10-5-4-6-11-21/h4-15,19H,16-18H2,1-3H3,(H,26,30). The van der Waals surface area contributed by atoms with Crippen LogP contribution in [-0.4, -0.2) is 34.3 Å². The maximum atomic E-state index is 13.3. The number of urea groups is 1. The van der Waals surface area contributed by atoms with E-state index in [2.05, 4.69) is 5.32 Å². The van der Waals surface area contributed by atoms with Crippen LogP contribution in [0.1, 0.15) is 30.7 Å². The van der Waals surface area contributed by atoms with E-state index < -0.39 is 0 Å². The topological polar surface area (TPSA) is 65.8 Å². The second kappa shape index (κ2) is 10.5. The Morgan fingerprint density at radius 2 is 1.74 bits per heavy atom. The third kappa shape index (κ3) is 6.47. The highest BCUT2D eigenvalue weighted by Gasteiger charge is 2.24. The molecule has 0 fully saturated rings. The monoisotopic (exact) mass is 419 g/mol. The van der Waals surface area contributed by atoms with Gasteiger partial charge in [-0.3, -0.25) is 4.79 Å². The molecule has 31 heavy (non-hydrogen) atoms. The normalized spacial score (nSPS) is 10.7. The Morgan fingerprint density at radius 1 is 0.968 bits per heavy atom. The number of hydrogen-bond acceptors (Lipinski definition) is 3. The van der Waals surface area contributed by atoms with Gasteiger partial charge in [-0.05, 0) is 56.2 Å². The average molecular weight is 420 g/mol. The summed E-state index contributed by atoms with van der Waals surface area (Å²) in [5.74, 6) is 0.554. The number of hydrogen-bond donors (Lipinski definition) is 1. The summed E-state index contributed by atoms with van der Waals surface area (Å²) in [6.07, 6.45) is 1.59. The Kier molecular flexibility index (Phi) is 7.49. The van der Waals surface area contributed by atoms with E-state index in [9.17, 15) is 9.59 Å². The van der Waals surface area contributed by atoms with Crippen molar-refractivity contribution in [3.8, 4) is 0 Å². The predicted molar refractivity (Wildman–Crippen MR) is 121 cm³/mol. The molecule has 0 aliphatic heterocycles. The molecule has 6 heteroatoms. The van der Waals surface area contributed by atoms with Crippen LogP contribution < -0.4 is 5.32 Å². The number of rotatable bonds is 8. The van der Waals surface area contributed by atoms with Crippen LogP contribution >= 0.6 is 0 Å². The number of carbonyl (C=O) groups is 2. The quantitative estimate of drug-likeness (QED) is 0.555. The van der Waals surface area contributed by atoms with Crippen molar-refractivity contribution < 1.29 is 14.0 Å². The Morgan fingerprint density at radius 3 is 2.39 bits per heavy atom. The molecule has 2 aromatic carbocycles. The molecule has 3 aromatic rings. The molecular weight excluding hydrogens is 390 g/mol. The van der Waals surface area contributed by atoms with Crippen molar-refractivity contribution in [2.45, 2.75) is 39.9 Å². The Balaban J connectivity index is 1.73. The highest BCUT2D eigenvalue weighted by atomic mass is 16.3. The van der Waals surface area contributed by atoms with Crippen LogP contribution in [0.15, 0.2) is 77.4 Å². The Labute approximate surface area is 183 Å². The first-order valence-electron chi connectivity index (χ1n) is 10.4. The van der Waals surface area contributed by atoms with Crippen molar-refractivity contribution in [1.29, 1.82) is 0 Å². The van der Waals surface area contributed by atoms with Gasteiger partial charge in [0.15, 0.2) is 0 Å². The van der Waals surface area contributed by atoms with Gasteiger partial charge in [0.1, 0.15) is 12.3 Å². The summed E-state index contributed by atoms with van der Waals surface area (Å²) in [7, 11) is 0. The summed E-state index contributed by atoms with van der Waals surface area (Å²) in [5.41, 5.74) is 2.78. The minimum absolute atomic E-state index is 0.0249. The third-order valence-corrected chi connectivity index (χ3v) is 4.95. The van der Waals surface area contributed by atoms with E-state index in [0.717, 1.165) is 11.1 Å². The summed E-state index contributed by atoms with van der Waals surface area (Å²) in [6.45, 7) is 6.52. The maximum Gasteiger partial charge on any atom is 0.322 e. The molecule has 0 radical (unpaired) electrons. The van der Waals surface area contributed by atoms with E-state index in [-0.39, 0.29) is 24.5 Å². The molecule has 0 atom stereocenters. The second-order valence-corrected chi connectivity index (χ2v) is 7.84. The zero-order chi connectivity index (χ0) is 22.2. The van der Waals surface area contributed by atoms with Crippen LogP contribution in [0.25, 0.3) is 0 Å². The Hall–Kier alpha value is -3.54. The van der Waals surface area contributed by atoms with Gasteiger partial charge in [-0.2, -0.15) is 0 Å². The number of anilines is 1. The lowest BCUT2D eigenvalue weighted by molar-refractivity contribution is -0.133. The van der Waals surface area contributed by atoms with E-state index in [1.807, 2.05) is 81.4 Å². The molecule has 1 heterocycles. The number of nitrogens with zero attached hydrogens (tertiary/aromatic N) is 2. The fraction of sp³-hybridized carbons (Fsp3) is 0.280. The molecule has 1 aromatic heterocycles. The van der Waals surface area contributed by atoms with Crippen LogP contribution in [0.5, 0.6) is 0 Å². The second-order valence-electron chi connectivity index (χ2n) is 7.84. The van der Waals surface area contributed by atoms with Crippen LogP contribution in [-0.2, 0) is 17.9 Å². The van der Waals surface area contributed by atoms with Crippen LogP contribution in [0.3, 0.4) is 0 Å². The van der Waals surface area contributed by atoms with Crippen LogP contribution in [0.4, 0.5) is 10.5 Å². The molecule has 3 amide bonds. The number of carbonyl (C=O) groups excluding carboxylic acids is 2. The molecule has 0 spiro atoms. The van der Waals surface area contributed by atoms with Crippen molar-refractivity contribution in [3.05, 3.63) is 89.9 Å². The number of benzene rings is 2. The van der Waals surface area contributed by atoms with E-state index in [1.54, 1.807) is 22.1 Å². The molecule has 3 rings (SSSR count). The highest BCUT2D eigenvalue weighted by molar-refractivity contribution is 5.92. The van der Waals surface area contributed by atoms with Gasteiger partial charge in [0, 0.05) is 18.3 Å². The summed E-state index contributed by atoms with van der Waals surface area (Å²) in [5, 5.41) is 2.90. The van der Waals surface area contributed by atoms with Gasteiger partial charge in [-0.25, -0.2) is 4.79 Å². The van der Waals surface area contributed by atoms with Crippen LogP contribution in [0, 0.1) is 6.92 Å². The molecular formula is C25H29N3O3. The number of furan rings is 1. The average Bonchev–Trinajstić information content (AvgIpc) is 3.25. The van der Waals surface area contributed by atoms with Gasteiger partial charge in [0.2, 0.25) is 5.91 Å². The van der Waals surface area contributed by atoms with Crippen LogP contribution in [0.2, 0.25) is 0 Å². The van der Waals surface area contributed by atoms with Gasteiger partial charge < -0.3 is 19.5 Å². The molecule has 0 saturated heterocycles. The lowest BCUT2D eigenvalue weighted by atomic mass is 10.2. The van der Waals surface area contributed by atoms with Gasteiger partial charge in [0.05, 0.1) is 12.8 Å². The molecule has 0 aliphatic rings. The molecule has 6 nitrogen and oxygen atoms in total. The van der Waals surface area contributed by atoms with Gasteiger partial charge in [-0.1, -0.05) is 42.5 Å². The molecule has 0 saturated carbocycles. The maximum absolute atomic E-state index is 13.3. The minimum atomic E-state index is -0.299. The predicted octanol–water partition coefficient (Wildman–Crippen LogP) is 5.06. The first kappa shape index (κ1) is 22.2. The van der Waals surface area contributed by atoms with Crippen molar-refractivity contribution in [2.75, 3.05) is 11.9 Å². The summed E-state index contributed by atoms with van der Waals surface area (Å²) < 4.78 is 5.46. The fourth-order valence-electron chi connectivity index (χ4n) is 3.28. The smallest absolute Gasteiger partial charge is 0.322 e. The fourth-order valence-corrected chi connectivity index (χ4v) is 3.28. The van der Waals surface area contributed by atoms with Crippen molar-refractivity contribution in [1.82, 2.24) is 9.80 Å². The zero-order valence-electron chi connectivity index (χ0n) is 18.2. The number of nitrogens with one attached hydrogen (secondary N) is 1. The van der Waals surface area contributed by atoms with Gasteiger partial charge in [0.25, 0.3) is 0 Å². The first-order valence-corrected chi connectivity index (χ1v) is 10.4. The molecule has 0 bridgehead atoms. The van der Waals surface area contributed by atoms with E-state index in [1.165, 1.54) is 0 Å². The van der Waals surface area contributed by atoms with E-state index in [4.69, 9.17) is 4.42 Å². The molecule has 0 unspecified atom stereocenters. The van der Waals surface area contributed by atoms with Gasteiger partial charge in [-0.15, -0.1) is 0 Å². The lowest BCUT2D eigenvalue weighted by Crippen LogP contribution is -2.47. The number of aryl methyl sites for hydroxylation is 1. The Bertz CT molecular complexity index is 984. The lowest BCUT2D eigenvalue weighted by Gasteiger charge is -2.30. The van der Waals surface area contributed by atoms with Crippen molar-refractivity contribution >= 4 is 17.6 Å². The van der Waals surface area contributed by atoms with E-state index >= 15 is 0 Å². The summed E-state index contributed by atoms with van der Waals surface area (Å²) in [6, 6.07) is 20.6. The summed E-state index contributed by atoms with van der Waals surface area (Å²) in [4.78, 5) is 29.4.